The molecule has 4 nitrogen and oxygen atoms in total. The van der Waals surface area contributed by atoms with Crippen molar-refractivity contribution < 1.29 is 9.90 Å². The molecule has 1 rings (SSSR count). The highest BCUT2D eigenvalue weighted by Crippen LogP contribution is 2.19. The van der Waals surface area contributed by atoms with Crippen LogP contribution < -0.4 is 0 Å². The summed E-state index contributed by atoms with van der Waals surface area (Å²) >= 11 is 0. The molecule has 0 saturated heterocycles. The maximum atomic E-state index is 10.7. The molecule has 0 aliphatic rings. The molecule has 0 fully saturated rings. The quantitative estimate of drug-likeness (QED) is 0.833. The van der Waals surface area contributed by atoms with Gasteiger partial charge in [-0.1, -0.05) is 20.8 Å². The Morgan fingerprint density at radius 2 is 2.13 bits per heavy atom. The Morgan fingerprint density at radius 1 is 1.53 bits per heavy atom. The molecule has 0 spiro atoms. The Bertz CT molecular complexity index is 361. The molecular weight excluding hydrogens is 192 g/mol. The van der Waals surface area contributed by atoms with Crippen molar-refractivity contribution >= 4 is 5.97 Å². The molecule has 1 aromatic heterocycles. The van der Waals surface area contributed by atoms with E-state index in [9.17, 15) is 4.79 Å². The highest BCUT2D eigenvalue weighted by atomic mass is 16.4. The van der Waals surface area contributed by atoms with Crippen LogP contribution in [0, 0.1) is 12.3 Å². The van der Waals surface area contributed by atoms with E-state index in [0.717, 1.165) is 18.7 Å². The minimum absolute atomic E-state index is 0.126. The lowest BCUT2D eigenvalue weighted by Gasteiger charge is -2.18. The summed E-state index contributed by atoms with van der Waals surface area (Å²) in [6.45, 7) is 9.11. The second kappa shape index (κ2) is 4.04. The highest BCUT2D eigenvalue weighted by Gasteiger charge is 2.14. The van der Waals surface area contributed by atoms with E-state index < -0.39 is 5.97 Å². The molecule has 0 amide bonds. The molecule has 0 bridgehead atoms. The molecule has 15 heavy (non-hydrogen) atoms. The van der Waals surface area contributed by atoms with Gasteiger partial charge in [-0.25, -0.2) is 4.79 Å². The molecule has 1 aromatic rings. The van der Waals surface area contributed by atoms with Crippen molar-refractivity contribution in [2.45, 2.75) is 40.7 Å². The van der Waals surface area contributed by atoms with Gasteiger partial charge in [0.15, 0.2) is 5.69 Å². The summed E-state index contributed by atoms with van der Waals surface area (Å²) in [5, 5.41) is 12.8. The predicted octanol–water partition coefficient (Wildman–Crippen LogP) is 2.33. The van der Waals surface area contributed by atoms with Gasteiger partial charge in [0.2, 0.25) is 0 Å². The molecule has 4 heteroatoms. The van der Waals surface area contributed by atoms with Crippen molar-refractivity contribution in [2.24, 2.45) is 5.41 Å². The first-order valence-corrected chi connectivity index (χ1v) is 5.07. The van der Waals surface area contributed by atoms with Crippen molar-refractivity contribution in [3.05, 3.63) is 17.5 Å². The van der Waals surface area contributed by atoms with E-state index in [4.69, 9.17) is 5.11 Å². The average molecular weight is 210 g/mol. The summed E-state index contributed by atoms with van der Waals surface area (Å²) in [6, 6.07) is 1.60. The standard InChI is InChI=1S/C11H18N2O2/c1-8-7-9(10(14)15)12-13(8)6-5-11(2,3)4/h7H,5-6H2,1-4H3,(H,14,15). The largest absolute Gasteiger partial charge is 0.476 e. The number of hydrogen-bond acceptors (Lipinski definition) is 2. The zero-order valence-corrected chi connectivity index (χ0v) is 9.74. The van der Waals surface area contributed by atoms with Gasteiger partial charge in [-0.05, 0) is 24.8 Å². The predicted molar refractivity (Wildman–Crippen MR) is 58.0 cm³/mol. The third-order valence-electron chi connectivity index (χ3n) is 2.27. The third-order valence-corrected chi connectivity index (χ3v) is 2.27. The first-order chi connectivity index (χ1) is 6.79. The van der Waals surface area contributed by atoms with Gasteiger partial charge < -0.3 is 5.11 Å². The molecule has 0 aliphatic carbocycles. The van der Waals surface area contributed by atoms with Gasteiger partial charge >= 0.3 is 5.97 Å². The van der Waals surface area contributed by atoms with Crippen LogP contribution in [0.2, 0.25) is 0 Å². The lowest BCUT2D eigenvalue weighted by Crippen LogP contribution is -2.12. The Labute approximate surface area is 89.9 Å². The van der Waals surface area contributed by atoms with Gasteiger partial charge in [0.1, 0.15) is 0 Å². The zero-order chi connectivity index (χ0) is 11.6. The van der Waals surface area contributed by atoms with Crippen molar-refractivity contribution in [1.29, 1.82) is 0 Å². The van der Waals surface area contributed by atoms with E-state index in [1.165, 1.54) is 0 Å². The van der Waals surface area contributed by atoms with E-state index in [-0.39, 0.29) is 11.1 Å². The van der Waals surface area contributed by atoms with Gasteiger partial charge in [0.05, 0.1) is 0 Å². The maximum absolute atomic E-state index is 10.7. The number of carbonyl (C=O) groups is 1. The number of carboxylic acids is 1. The first kappa shape index (κ1) is 11.8. The number of aromatic carboxylic acids is 1. The summed E-state index contributed by atoms with van der Waals surface area (Å²) < 4.78 is 1.76. The fourth-order valence-electron chi connectivity index (χ4n) is 1.28. The van der Waals surface area contributed by atoms with Crippen LogP contribution >= 0.6 is 0 Å². The summed E-state index contributed by atoms with van der Waals surface area (Å²) in [4.78, 5) is 10.7. The van der Waals surface area contributed by atoms with E-state index in [1.54, 1.807) is 10.7 Å². The van der Waals surface area contributed by atoms with Crippen LogP contribution in [0.25, 0.3) is 0 Å². The normalized spacial score (nSPS) is 11.7. The molecule has 0 unspecified atom stereocenters. The fraction of sp³-hybridized carbons (Fsp3) is 0.636. The minimum Gasteiger partial charge on any atom is -0.476 e. The van der Waals surface area contributed by atoms with Gasteiger partial charge in [-0.3, -0.25) is 4.68 Å². The van der Waals surface area contributed by atoms with Gasteiger partial charge in [-0.15, -0.1) is 0 Å². The van der Waals surface area contributed by atoms with Crippen molar-refractivity contribution in [1.82, 2.24) is 9.78 Å². The van der Waals surface area contributed by atoms with Crippen molar-refractivity contribution in [2.75, 3.05) is 0 Å². The Morgan fingerprint density at radius 3 is 2.53 bits per heavy atom. The lowest BCUT2D eigenvalue weighted by molar-refractivity contribution is 0.0689. The minimum atomic E-state index is -0.965. The highest BCUT2D eigenvalue weighted by molar-refractivity contribution is 5.85. The van der Waals surface area contributed by atoms with Crippen LogP contribution in [0.5, 0.6) is 0 Å². The molecule has 0 saturated carbocycles. The monoisotopic (exact) mass is 210 g/mol. The summed E-state index contributed by atoms with van der Waals surface area (Å²) in [5.74, 6) is -0.965. The number of aromatic nitrogens is 2. The fourth-order valence-corrected chi connectivity index (χ4v) is 1.28. The Balaban J connectivity index is 2.74. The van der Waals surface area contributed by atoms with Crippen LogP contribution in [-0.4, -0.2) is 20.9 Å². The van der Waals surface area contributed by atoms with Crippen LogP contribution in [-0.2, 0) is 6.54 Å². The zero-order valence-electron chi connectivity index (χ0n) is 9.74. The molecule has 0 atom stereocenters. The third kappa shape index (κ3) is 3.38. The molecule has 0 aliphatic heterocycles. The van der Waals surface area contributed by atoms with E-state index in [2.05, 4.69) is 25.9 Å². The van der Waals surface area contributed by atoms with Crippen molar-refractivity contribution in [3.63, 3.8) is 0 Å². The summed E-state index contributed by atoms with van der Waals surface area (Å²) in [7, 11) is 0. The van der Waals surface area contributed by atoms with E-state index in [1.807, 2.05) is 6.92 Å². The number of rotatable bonds is 3. The molecule has 84 valence electrons. The Kier molecular flexibility index (Phi) is 3.17. The summed E-state index contributed by atoms with van der Waals surface area (Å²) in [5.41, 5.74) is 1.26. The topological polar surface area (TPSA) is 55.1 Å². The van der Waals surface area contributed by atoms with Crippen LogP contribution in [0.4, 0.5) is 0 Å². The SMILES string of the molecule is Cc1cc(C(=O)O)nn1CCC(C)(C)C. The molecule has 1 heterocycles. The van der Waals surface area contributed by atoms with Gasteiger partial charge in [0.25, 0.3) is 0 Å². The smallest absolute Gasteiger partial charge is 0.356 e. The van der Waals surface area contributed by atoms with Crippen LogP contribution in [0.15, 0.2) is 6.07 Å². The Hall–Kier alpha value is -1.32. The van der Waals surface area contributed by atoms with Gasteiger partial charge in [0, 0.05) is 12.2 Å². The summed E-state index contributed by atoms with van der Waals surface area (Å²) in [6.07, 6.45) is 0.981. The van der Waals surface area contributed by atoms with Crippen LogP contribution in [0.3, 0.4) is 0 Å². The number of hydrogen-bond donors (Lipinski definition) is 1. The average Bonchev–Trinajstić information content (AvgIpc) is 2.42. The number of nitrogens with zero attached hydrogens (tertiary/aromatic N) is 2. The molecular formula is C11H18N2O2. The van der Waals surface area contributed by atoms with E-state index in [0.29, 0.717) is 0 Å². The lowest BCUT2D eigenvalue weighted by atomic mass is 9.92. The second-order valence-electron chi connectivity index (χ2n) is 5.01. The molecule has 0 radical (unpaired) electrons. The molecule has 0 aromatic carbocycles. The van der Waals surface area contributed by atoms with Gasteiger partial charge in [-0.2, -0.15) is 5.10 Å². The number of carboxylic acid groups (broad SMARTS) is 1. The second-order valence-corrected chi connectivity index (χ2v) is 5.01. The number of aryl methyl sites for hydroxylation is 2. The van der Waals surface area contributed by atoms with E-state index >= 15 is 0 Å². The van der Waals surface area contributed by atoms with Crippen molar-refractivity contribution in [3.8, 4) is 0 Å². The first-order valence-electron chi connectivity index (χ1n) is 5.07. The van der Waals surface area contributed by atoms with Crippen LogP contribution in [0.1, 0.15) is 43.4 Å². The maximum Gasteiger partial charge on any atom is 0.356 e. The molecule has 1 N–H and O–H groups in total.